The van der Waals surface area contributed by atoms with Gasteiger partial charge in [-0.3, -0.25) is 4.79 Å². The minimum Gasteiger partial charge on any atom is -0.489 e. The third-order valence-electron chi connectivity index (χ3n) is 2.35. The molecule has 0 aromatic heterocycles. The molecule has 0 aliphatic heterocycles. The predicted octanol–water partition coefficient (Wildman–Crippen LogP) is 2.00. The van der Waals surface area contributed by atoms with Crippen molar-refractivity contribution in [3.05, 3.63) is 41.7 Å². The van der Waals surface area contributed by atoms with Crippen LogP contribution in [0.5, 0.6) is 5.75 Å². The third-order valence-corrected chi connectivity index (χ3v) is 2.35. The first-order valence-corrected chi connectivity index (χ1v) is 5.51. The Morgan fingerprint density at radius 1 is 1.37 bits per heavy atom. The minimum atomic E-state index is -0.0761. The maximum Gasteiger partial charge on any atom is 0.253 e. The fourth-order valence-corrected chi connectivity index (χ4v) is 1.26. The van der Waals surface area contributed by atoms with Gasteiger partial charge in [0.1, 0.15) is 12.4 Å². The van der Waals surface area contributed by atoms with Crippen molar-refractivity contribution in [2.75, 3.05) is 27.2 Å². The Morgan fingerprint density at radius 2 is 1.95 bits per heavy atom. The van der Waals surface area contributed by atoms with Crippen molar-refractivity contribution in [3.8, 4) is 5.75 Å². The van der Waals surface area contributed by atoms with E-state index in [0.29, 0.717) is 23.2 Å². The van der Waals surface area contributed by atoms with E-state index in [-0.39, 0.29) is 31.5 Å². The molecule has 0 atom stereocenters. The average Bonchev–Trinajstić information content (AvgIpc) is 2.39. The van der Waals surface area contributed by atoms with Gasteiger partial charge in [-0.05, 0) is 24.3 Å². The number of nitrogens with zero attached hydrogens (tertiary/aromatic N) is 1. The van der Waals surface area contributed by atoms with Crippen molar-refractivity contribution in [1.82, 2.24) is 4.90 Å². The highest BCUT2D eigenvalue weighted by atomic mass is 35.5. The van der Waals surface area contributed by atoms with Gasteiger partial charge in [0.25, 0.3) is 5.91 Å². The van der Waals surface area contributed by atoms with Gasteiger partial charge in [-0.2, -0.15) is 0 Å². The highest BCUT2D eigenvalue weighted by Gasteiger charge is 2.07. The van der Waals surface area contributed by atoms with Crippen LogP contribution in [0.25, 0.3) is 0 Å². The second-order valence-electron chi connectivity index (χ2n) is 3.98. The summed E-state index contributed by atoms with van der Waals surface area (Å²) < 4.78 is 17.6. The number of hydrogen-bond acceptors (Lipinski definition) is 3. The quantitative estimate of drug-likeness (QED) is 0.902. The molecule has 0 radical (unpaired) electrons. The molecule has 0 bridgehead atoms. The molecule has 19 heavy (non-hydrogen) atoms. The molecular weight excluding hydrogens is 271 g/mol. The van der Waals surface area contributed by atoms with E-state index < -0.39 is 0 Å². The van der Waals surface area contributed by atoms with E-state index in [9.17, 15) is 9.18 Å². The van der Waals surface area contributed by atoms with Crippen LogP contribution in [0.1, 0.15) is 10.4 Å². The number of rotatable bonds is 5. The van der Waals surface area contributed by atoms with E-state index in [2.05, 4.69) is 0 Å². The van der Waals surface area contributed by atoms with E-state index >= 15 is 0 Å². The first-order chi connectivity index (χ1) is 8.58. The molecule has 0 saturated carbocycles. The van der Waals surface area contributed by atoms with Gasteiger partial charge in [0, 0.05) is 31.8 Å². The molecule has 0 heterocycles. The van der Waals surface area contributed by atoms with Gasteiger partial charge in [-0.1, -0.05) is 0 Å². The van der Waals surface area contributed by atoms with Crippen LogP contribution in [0.3, 0.4) is 0 Å². The number of amides is 1. The molecule has 1 amide bonds. The van der Waals surface area contributed by atoms with Gasteiger partial charge >= 0.3 is 0 Å². The summed E-state index contributed by atoms with van der Waals surface area (Å²) in [4.78, 5) is 13.1. The molecule has 0 spiro atoms. The smallest absolute Gasteiger partial charge is 0.253 e. The molecule has 1 rings (SSSR count). The van der Waals surface area contributed by atoms with Crippen molar-refractivity contribution in [2.45, 2.75) is 0 Å². The average molecular weight is 289 g/mol. The third kappa shape index (κ3) is 5.28. The fourth-order valence-electron chi connectivity index (χ4n) is 1.26. The van der Waals surface area contributed by atoms with E-state index in [1.54, 1.807) is 38.4 Å². The van der Waals surface area contributed by atoms with Gasteiger partial charge in [0.05, 0.1) is 6.33 Å². The van der Waals surface area contributed by atoms with Crippen LogP contribution in [0.2, 0.25) is 0 Å². The molecule has 0 saturated heterocycles. The molecule has 0 aliphatic carbocycles. The first kappa shape index (κ1) is 17.4. The lowest BCUT2D eigenvalue weighted by atomic mass is 10.2. The molecule has 1 aromatic rings. The summed E-state index contributed by atoms with van der Waals surface area (Å²) in [6, 6.07) is 6.67. The molecular formula is C13H18ClFN2O2. The summed E-state index contributed by atoms with van der Waals surface area (Å²) in [6.45, 7) is 0.224. The Balaban J connectivity index is 0.00000324. The minimum absolute atomic E-state index is 0. The van der Waals surface area contributed by atoms with Crippen molar-refractivity contribution in [2.24, 2.45) is 5.73 Å². The zero-order chi connectivity index (χ0) is 13.5. The van der Waals surface area contributed by atoms with Gasteiger partial charge in [-0.15, -0.1) is 12.4 Å². The van der Waals surface area contributed by atoms with Crippen LogP contribution in [0, 0.1) is 0 Å². The highest BCUT2D eigenvalue weighted by molar-refractivity contribution is 5.93. The molecule has 106 valence electrons. The molecule has 4 nitrogen and oxygen atoms in total. The molecule has 2 N–H and O–H groups in total. The summed E-state index contributed by atoms with van der Waals surface area (Å²) in [7, 11) is 3.37. The lowest BCUT2D eigenvalue weighted by molar-refractivity contribution is 0.0827. The van der Waals surface area contributed by atoms with Gasteiger partial charge < -0.3 is 15.4 Å². The number of carbonyl (C=O) groups is 1. The number of ether oxygens (including phenoxy) is 1. The maximum absolute atomic E-state index is 12.2. The standard InChI is InChI=1S/C13H17FN2O2.ClH/c1-16(2)13(17)11-3-5-12(6-4-11)18-9-10(7-14)8-15;/h3-7H,8-9,15H2,1-2H3;1H/b10-7+;. The summed E-state index contributed by atoms with van der Waals surface area (Å²) in [5.74, 6) is 0.492. The van der Waals surface area contributed by atoms with Crippen LogP contribution in [-0.2, 0) is 0 Å². The second-order valence-corrected chi connectivity index (χ2v) is 3.98. The summed E-state index contributed by atoms with van der Waals surface area (Å²) in [5, 5.41) is 0. The summed E-state index contributed by atoms with van der Waals surface area (Å²) in [5.41, 5.74) is 6.26. The van der Waals surface area contributed by atoms with Crippen LogP contribution in [0.4, 0.5) is 4.39 Å². The van der Waals surface area contributed by atoms with Crippen LogP contribution in [0.15, 0.2) is 36.2 Å². The lowest BCUT2D eigenvalue weighted by Crippen LogP contribution is -2.21. The van der Waals surface area contributed by atoms with Crippen molar-refractivity contribution in [1.29, 1.82) is 0 Å². The number of carbonyl (C=O) groups excluding carboxylic acids is 1. The lowest BCUT2D eigenvalue weighted by Gasteiger charge is -2.11. The predicted molar refractivity (Wildman–Crippen MR) is 75.4 cm³/mol. The van der Waals surface area contributed by atoms with Crippen LogP contribution < -0.4 is 10.5 Å². The number of benzene rings is 1. The van der Waals surface area contributed by atoms with Gasteiger partial charge in [0.2, 0.25) is 0 Å². The molecule has 6 heteroatoms. The Labute approximate surface area is 118 Å². The maximum atomic E-state index is 12.2. The first-order valence-electron chi connectivity index (χ1n) is 5.51. The molecule has 0 aliphatic rings. The zero-order valence-electron chi connectivity index (χ0n) is 10.9. The van der Waals surface area contributed by atoms with Crippen molar-refractivity contribution < 1.29 is 13.9 Å². The SMILES string of the molecule is CN(C)C(=O)c1ccc(OC/C(=C/F)CN)cc1.Cl. The Morgan fingerprint density at radius 3 is 2.37 bits per heavy atom. The van der Waals surface area contributed by atoms with Crippen LogP contribution in [-0.4, -0.2) is 38.1 Å². The fraction of sp³-hybridized carbons (Fsp3) is 0.308. The van der Waals surface area contributed by atoms with E-state index in [0.717, 1.165) is 0 Å². The topological polar surface area (TPSA) is 55.6 Å². The summed E-state index contributed by atoms with van der Waals surface area (Å²) in [6.07, 6.45) is 0.448. The Hall–Kier alpha value is -1.59. The van der Waals surface area contributed by atoms with Crippen molar-refractivity contribution in [3.63, 3.8) is 0 Å². The zero-order valence-corrected chi connectivity index (χ0v) is 11.7. The van der Waals surface area contributed by atoms with Crippen molar-refractivity contribution >= 4 is 18.3 Å². The Kier molecular flexibility index (Phi) is 7.79. The highest BCUT2D eigenvalue weighted by Crippen LogP contribution is 2.14. The largest absolute Gasteiger partial charge is 0.489 e. The van der Waals surface area contributed by atoms with E-state index in [4.69, 9.17) is 10.5 Å². The van der Waals surface area contributed by atoms with E-state index in [1.807, 2.05) is 0 Å². The number of halogens is 2. The monoisotopic (exact) mass is 288 g/mol. The van der Waals surface area contributed by atoms with Gasteiger partial charge in [0.15, 0.2) is 0 Å². The van der Waals surface area contributed by atoms with E-state index in [1.165, 1.54) is 4.90 Å². The number of hydrogen-bond donors (Lipinski definition) is 1. The molecule has 0 unspecified atom stereocenters. The molecule has 1 aromatic carbocycles. The second kappa shape index (κ2) is 8.50. The summed E-state index contributed by atoms with van der Waals surface area (Å²) >= 11 is 0. The number of nitrogens with two attached hydrogens (primary N) is 1. The Bertz CT molecular complexity index is 433. The normalized spacial score (nSPS) is 10.6. The molecule has 0 fully saturated rings. The van der Waals surface area contributed by atoms with Gasteiger partial charge in [-0.25, -0.2) is 4.39 Å². The van der Waals surface area contributed by atoms with Crippen LogP contribution >= 0.6 is 12.4 Å².